The van der Waals surface area contributed by atoms with Gasteiger partial charge in [-0.3, -0.25) is 4.79 Å². The number of benzene rings is 1. The molecule has 0 aromatic heterocycles. The maximum atomic E-state index is 13.0. The van der Waals surface area contributed by atoms with Crippen LogP contribution in [0.1, 0.15) is 37.2 Å². The van der Waals surface area contributed by atoms with Gasteiger partial charge < -0.3 is 15.3 Å². The van der Waals surface area contributed by atoms with Gasteiger partial charge in [-0.15, -0.1) is 0 Å². The molecule has 8 heteroatoms. The molecule has 3 rings (SSSR count). The maximum Gasteiger partial charge on any atom is 0.394 e. The minimum atomic E-state index is -4.63. The Morgan fingerprint density at radius 3 is 2.19 bits per heavy atom. The number of hydrogen-bond acceptors (Lipinski definition) is 2. The lowest BCUT2D eigenvalue weighted by molar-refractivity contribution is -0.187. The van der Waals surface area contributed by atoms with Gasteiger partial charge in [0.25, 0.3) is 0 Å². The highest BCUT2D eigenvalue weighted by atomic mass is 19.4. The van der Waals surface area contributed by atoms with Gasteiger partial charge in [0.2, 0.25) is 0 Å². The number of nitrogens with one attached hydrogen (secondary N) is 1. The third-order valence-corrected chi connectivity index (χ3v) is 5.67. The minimum Gasteiger partial charge on any atom is -0.481 e. The molecule has 1 heterocycles. The van der Waals surface area contributed by atoms with Crippen molar-refractivity contribution in [2.75, 3.05) is 13.1 Å². The molecular weight excluding hydrogens is 361 g/mol. The first-order chi connectivity index (χ1) is 12.8. The number of halogens is 3. The smallest absolute Gasteiger partial charge is 0.394 e. The number of carboxylic acid groups (broad SMARTS) is 1. The van der Waals surface area contributed by atoms with E-state index in [1.165, 1.54) is 5.56 Å². The van der Waals surface area contributed by atoms with Crippen molar-refractivity contribution in [3.63, 3.8) is 0 Å². The van der Waals surface area contributed by atoms with Gasteiger partial charge in [0, 0.05) is 19.1 Å². The molecule has 0 radical (unpaired) electrons. The van der Waals surface area contributed by atoms with Gasteiger partial charge in [-0.2, -0.15) is 13.2 Å². The van der Waals surface area contributed by atoms with Crippen LogP contribution < -0.4 is 5.32 Å². The summed E-state index contributed by atoms with van der Waals surface area (Å²) in [4.78, 5) is 24.5. The van der Waals surface area contributed by atoms with Crippen molar-refractivity contribution in [1.29, 1.82) is 0 Å². The number of nitrogens with zero attached hydrogens (tertiary/aromatic N) is 1. The van der Waals surface area contributed by atoms with Crippen molar-refractivity contribution >= 4 is 12.0 Å². The first kappa shape index (κ1) is 19.5. The van der Waals surface area contributed by atoms with E-state index in [1.54, 1.807) is 0 Å². The minimum absolute atomic E-state index is 0.0920. The molecule has 1 aliphatic carbocycles. The molecule has 0 bridgehead atoms. The first-order valence-corrected chi connectivity index (χ1v) is 9.15. The van der Waals surface area contributed by atoms with Crippen molar-refractivity contribution in [3.8, 4) is 0 Å². The second kappa shape index (κ2) is 7.78. The predicted octanol–water partition coefficient (Wildman–Crippen LogP) is 3.62. The summed E-state index contributed by atoms with van der Waals surface area (Å²) >= 11 is 0. The number of alkyl halides is 3. The summed E-state index contributed by atoms with van der Waals surface area (Å²) in [5.74, 6) is -4.72. The number of amides is 2. The van der Waals surface area contributed by atoms with Crippen LogP contribution >= 0.6 is 0 Å². The molecule has 0 unspecified atom stereocenters. The quantitative estimate of drug-likeness (QED) is 0.836. The van der Waals surface area contributed by atoms with E-state index in [9.17, 15) is 22.8 Å². The van der Waals surface area contributed by atoms with Crippen LogP contribution in [0, 0.1) is 11.8 Å². The molecule has 5 nitrogen and oxygen atoms in total. The third kappa shape index (κ3) is 4.54. The van der Waals surface area contributed by atoms with E-state index in [4.69, 9.17) is 5.11 Å². The summed E-state index contributed by atoms with van der Waals surface area (Å²) < 4.78 is 39.1. The molecule has 2 fully saturated rings. The van der Waals surface area contributed by atoms with E-state index in [-0.39, 0.29) is 6.04 Å². The lowest BCUT2D eigenvalue weighted by atomic mass is 9.82. The van der Waals surface area contributed by atoms with Crippen LogP contribution in [0.25, 0.3) is 0 Å². The van der Waals surface area contributed by atoms with Gasteiger partial charge in [0.1, 0.15) is 0 Å². The molecule has 0 spiro atoms. The average Bonchev–Trinajstić information content (AvgIpc) is 3.09. The highest BCUT2D eigenvalue weighted by molar-refractivity contribution is 5.78. The Kier molecular flexibility index (Phi) is 5.62. The third-order valence-electron chi connectivity index (χ3n) is 5.67. The second-order valence-corrected chi connectivity index (χ2v) is 7.41. The molecule has 2 amide bonds. The highest BCUT2D eigenvalue weighted by Gasteiger charge is 2.53. The highest BCUT2D eigenvalue weighted by Crippen LogP contribution is 2.38. The fraction of sp³-hybridized carbons (Fsp3) is 0.579. The van der Waals surface area contributed by atoms with E-state index in [1.807, 2.05) is 18.2 Å². The summed E-state index contributed by atoms with van der Waals surface area (Å²) in [6.45, 7) is -1.02. The number of carbonyl (C=O) groups excluding carboxylic acids is 1. The van der Waals surface area contributed by atoms with E-state index < -0.39 is 43.1 Å². The van der Waals surface area contributed by atoms with Crippen LogP contribution in [0.4, 0.5) is 18.0 Å². The molecule has 1 aromatic rings. The standard InChI is InChI=1S/C19H23F3N2O3/c20-19(21,22)16-11-24(10-15(16)17(25)26)18(27)23-14-8-6-13(7-9-14)12-4-2-1-3-5-12/h1-5,13-16H,6-11H2,(H,23,27)(H,25,26)/t13?,14?,15-,16-/m1/s1. The lowest BCUT2D eigenvalue weighted by Crippen LogP contribution is -2.45. The van der Waals surface area contributed by atoms with Crippen molar-refractivity contribution in [3.05, 3.63) is 35.9 Å². The van der Waals surface area contributed by atoms with Gasteiger partial charge in [0.15, 0.2) is 0 Å². The molecule has 2 N–H and O–H groups in total. The maximum absolute atomic E-state index is 13.0. The number of carboxylic acids is 1. The Bertz CT molecular complexity index is 673. The number of carbonyl (C=O) groups is 2. The number of likely N-dealkylation sites (tertiary alicyclic amines) is 1. The van der Waals surface area contributed by atoms with Crippen LogP contribution in [0.3, 0.4) is 0 Å². The van der Waals surface area contributed by atoms with Crippen LogP contribution in [0.15, 0.2) is 30.3 Å². The number of aliphatic carboxylic acids is 1. The van der Waals surface area contributed by atoms with Gasteiger partial charge in [-0.1, -0.05) is 30.3 Å². The second-order valence-electron chi connectivity index (χ2n) is 7.41. The average molecular weight is 384 g/mol. The largest absolute Gasteiger partial charge is 0.481 e. The molecule has 1 aromatic carbocycles. The Morgan fingerprint density at radius 1 is 1.04 bits per heavy atom. The van der Waals surface area contributed by atoms with Crippen molar-refractivity contribution in [1.82, 2.24) is 10.2 Å². The number of urea groups is 1. The van der Waals surface area contributed by atoms with E-state index >= 15 is 0 Å². The van der Waals surface area contributed by atoms with E-state index in [0.717, 1.165) is 30.6 Å². The van der Waals surface area contributed by atoms with Crippen LogP contribution in [0.5, 0.6) is 0 Å². The first-order valence-electron chi connectivity index (χ1n) is 9.15. The summed E-state index contributed by atoms with van der Waals surface area (Å²) in [5.41, 5.74) is 1.26. The Labute approximate surface area is 155 Å². The van der Waals surface area contributed by atoms with Crippen LogP contribution in [0.2, 0.25) is 0 Å². The fourth-order valence-corrected chi connectivity index (χ4v) is 4.11. The molecule has 148 valence electrons. The van der Waals surface area contributed by atoms with Gasteiger partial charge >= 0.3 is 18.2 Å². The Hall–Kier alpha value is -2.25. The van der Waals surface area contributed by atoms with E-state index in [0.29, 0.717) is 5.92 Å². The molecular formula is C19H23F3N2O3. The molecule has 1 saturated carbocycles. The number of rotatable bonds is 3. The zero-order chi connectivity index (χ0) is 19.6. The van der Waals surface area contributed by atoms with Crippen LogP contribution in [-0.4, -0.2) is 47.3 Å². The zero-order valence-corrected chi connectivity index (χ0v) is 14.8. The summed E-state index contributed by atoms with van der Waals surface area (Å²) in [6, 6.07) is 9.42. The van der Waals surface area contributed by atoms with Gasteiger partial charge in [-0.25, -0.2) is 4.79 Å². The normalized spacial score (nSPS) is 28.8. The molecule has 27 heavy (non-hydrogen) atoms. The molecule has 1 aliphatic heterocycles. The fourth-order valence-electron chi connectivity index (χ4n) is 4.11. The van der Waals surface area contributed by atoms with Crippen LogP contribution in [-0.2, 0) is 4.79 Å². The van der Waals surface area contributed by atoms with E-state index in [2.05, 4.69) is 17.4 Å². The molecule has 1 saturated heterocycles. The van der Waals surface area contributed by atoms with Crippen molar-refractivity contribution in [2.45, 2.75) is 43.8 Å². The monoisotopic (exact) mass is 384 g/mol. The summed E-state index contributed by atoms with van der Waals surface area (Å²) in [7, 11) is 0. The predicted molar refractivity (Wildman–Crippen MR) is 92.2 cm³/mol. The molecule has 2 aliphatic rings. The van der Waals surface area contributed by atoms with Crippen molar-refractivity contribution in [2.24, 2.45) is 11.8 Å². The molecule has 2 atom stereocenters. The summed E-state index contributed by atoms with van der Waals surface area (Å²) in [5, 5.41) is 11.8. The van der Waals surface area contributed by atoms with Gasteiger partial charge in [-0.05, 0) is 37.2 Å². The Morgan fingerprint density at radius 2 is 1.67 bits per heavy atom. The van der Waals surface area contributed by atoms with Crippen molar-refractivity contribution < 1.29 is 27.9 Å². The zero-order valence-electron chi connectivity index (χ0n) is 14.8. The van der Waals surface area contributed by atoms with Gasteiger partial charge in [0.05, 0.1) is 11.8 Å². The lowest BCUT2D eigenvalue weighted by Gasteiger charge is -2.30. The summed E-state index contributed by atoms with van der Waals surface area (Å²) in [6.07, 6.45) is -1.32. The SMILES string of the molecule is O=C(O)[C@@H]1CN(C(=O)NC2CCC(c3ccccc3)CC2)C[C@H]1C(F)(F)F. The number of hydrogen-bond donors (Lipinski definition) is 2. The topological polar surface area (TPSA) is 69.6 Å². The Balaban J connectivity index is 1.53.